The molecule has 64 valence electrons. The first-order valence-corrected chi connectivity index (χ1v) is 3.31. The number of aliphatic hydroxyl groups excluding tert-OH is 2. The number of ketones is 1. The van der Waals surface area contributed by atoms with Crippen molar-refractivity contribution < 1.29 is 15.0 Å². The van der Waals surface area contributed by atoms with E-state index in [1.807, 2.05) is 0 Å². The second-order valence-corrected chi connectivity index (χ2v) is 3.09. The molecule has 0 aromatic rings. The molecule has 3 nitrogen and oxygen atoms in total. The Morgan fingerprint density at radius 3 is 2.17 bits per heavy atom. The summed E-state index contributed by atoms with van der Waals surface area (Å²) in [7, 11) is 0. The Labute approximate surface area is 81.8 Å². The van der Waals surface area contributed by atoms with Crippen LogP contribution < -0.4 is 0 Å². The first-order chi connectivity index (χ1) is 4.94. The summed E-state index contributed by atoms with van der Waals surface area (Å²) in [5.74, 6) is -0.565. The van der Waals surface area contributed by atoms with E-state index in [0.717, 1.165) is 6.08 Å². The van der Waals surface area contributed by atoms with E-state index >= 15 is 0 Å². The van der Waals surface area contributed by atoms with Gasteiger partial charge < -0.3 is 10.2 Å². The zero-order chi connectivity index (χ0) is 8.65. The third-order valence-corrected chi connectivity index (χ3v) is 1.82. The first-order valence-electron chi connectivity index (χ1n) is 3.31. The molecule has 1 rings (SSSR count). The van der Waals surface area contributed by atoms with Gasteiger partial charge in [0.05, 0.1) is 5.41 Å². The third-order valence-electron chi connectivity index (χ3n) is 1.82. The topological polar surface area (TPSA) is 57.5 Å². The van der Waals surface area contributed by atoms with Crippen molar-refractivity contribution in [2.45, 2.75) is 13.8 Å². The van der Waals surface area contributed by atoms with E-state index < -0.39 is 5.41 Å². The van der Waals surface area contributed by atoms with Crippen molar-refractivity contribution in [2.24, 2.45) is 5.41 Å². The van der Waals surface area contributed by atoms with Crippen molar-refractivity contribution in [1.29, 1.82) is 0 Å². The molecule has 0 aromatic carbocycles. The van der Waals surface area contributed by atoms with Gasteiger partial charge in [0, 0.05) is 29.7 Å². The summed E-state index contributed by atoms with van der Waals surface area (Å²) >= 11 is 0. The van der Waals surface area contributed by atoms with Gasteiger partial charge in [-0.1, -0.05) is 0 Å². The van der Waals surface area contributed by atoms with E-state index in [4.69, 9.17) is 5.11 Å². The Kier molecular flexibility index (Phi) is 3.15. The van der Waals surface area contributed by atoms with Crippen LogP contribution in [-0.2, 0) is 4.79 Å². The van der Waals surface area contributed by atoms with Gasteiger partial charge in [-0.15, -0.1) is 0 Å². The van der Waals surface area contributed by atoms with E-state index in [0.29, 0.717) is 0 Å². The van der Waals surface area contributed by atoms with Crippen molar-refractivity contribution in [3.05, 3.63) is 23.7 Å². The normalized spacial score (nSPS) is 20.7. The molecule has 0 saturated heterocycles. The predicted octanol–water partition coefficient (Wildman–Crippen LogP) is 1.10. The van der Waals surface area contributed by atoms with Crippen LogP contribution in [0.25, 0.3) is 0 Å². The molecule has 0 fully saturated rings. The maximum absolute atomic E-state index is 11.1. The molecule has 0 aromatic heterocycles. The minimum Gasteiger partial charge on any atom is -0.511 e. The number of carbonyl (C=O) groups is 1. The number of hydrogen-bond donors (Lipinski definition) is 2. The largest absolute Gasteiger partial charge is 0.511 e. The van der Waals surface area contributed by atoms with Crippen molar-refractivity contribution in [3.63, 3.8) is 0 Å². The van der Waals surface area contributed by atoms with Crippen LogP contribution in [0, 0.1) is 5.41 Å². The van der Waals surface area contributed by atoms with Crippen LogP contribution in [-0.4, -0.2) is 33.6 Å². The quantitative estimate of drug-likeness (QED) is 0.609. The Balaban J connectivity index is 0.00000121. The fourth-order valence-electron chi connectivity index (χ4n) is 0.803. The Morgan fingerprint density at radius 2 is 1.75 bits per heavy atom. The Bertz CT molecular complexity index is 263. The number of carbonyl (C=O) groups excluding carboxylic acids is 1. The number of allylic oxidation sites excluding steroid dienone is 3. The average molecular weight is 227 g/mol. The fourth-order valence-corrected chi connectivity index (χ4v) is 0.803. The molecular formula is C8H10GeO3. The predicted molar refractivity (Wildman–Crippen MR) is 46.0 cm³/mol. The molecule has 2 N–H and O–H groups in total. The van der Waals surface area contributed by atoms with Crippen LogP contribution in [0.1, 0.15) is 13.8 Å². The molecule has 0 amide bonds. The smallest absolute Gasteiger partial charge is 0.172 e. The molecule has 4 heteroatoms. The van der Waals surface area contributed by atoms with Crippen molar-refractivity contribution >= 4 is 23.4 Å². The summed E-state index contributed by atoms with van der Waals surface area (Å²) in [4.78, 5) is 11.1. The van der Waals surface area contributed by atoms with Crippen LogP contribution in [0.3, 0.4) is 0 Å². The van der Waals surface area contributed by atoms with E-state index in [9.17, 15) is 9.90 Å². The summed E-state index contributed by atoms with van der Waals surface area (Å²) in [5.41, 5.74) is -0.883. The zero-order valence-electron chi connectivity index (χ0n) is 6.96. The summed E-state index contributed by atoms with van der Waals surface area (Å²) in [6.45, 7) is 3.20. The SMILES string of the molecule is CC1(C)C(=O)C=C(O)C=C1O.[Ge]. The molecule has 0 atom stereocenters. The third kappa shape index (κ3) is 1.72. The van der Waals surface area contributed by atoms with Crippen molar-refractivity contribution in [3.8, 4) is 0 Å². The maximum atomic E-state index is 11.1. The molecule has 0 spiro atoms. The molecule has 1 aliphatic rings. The van der Waals surface area contributed by atoms with Crippen LogP contribution >= 0.6 is 0 Å². The van der Waals surface area contributed by atoms with Gasteiger partial charge in [-0.3, -0.25) is 4.79 Å². The molecule has 0 saturated carbocycles. The molecular weight excluding hydrogens is 217 g/mol. The molecule has 12 heavy (non-hydrogen) atoms. The molecule has 0 heterocycles. The summed E-state index contributed by atoms with van der Waals surface area (Å²) < 4.78 is 0. The van der Waals surface area contributed by atoms with Crippen molar-refractivity contribution in [1.82, 2.24) is 0 Å². The Morgan fingerprint density at radius 1 is 1.25 bits per heavy atom. The summed E-state index contributed by atoms with van der Waals surface area (Å²) in [6, 6.07) is 0. The van der Waals surface area contributed by atoms with E-state index in [2.05, 4.69) is 0 Å². The number of aliphatic hydroxyl groups is 2. The second kappa shape index (κ2) is 3.35. The van der Waals surface area contributed by atoms with Gasteiger partial charge in [0.25, 0.3) is 0 Å². The number of hydrogen-bond acceptors (Lipinski definition) is 3. The molecule has 1 aliphatic carbocycles. The minimum absolute atomic E-state index is 0. The average Bonchev–Trinajstić information content (AvgIpc) is 1.84. The van der Waals surface area contributed by atoms with Crippen LogP contribution in [0.4, 0.5) is 0 Å². The second-order valence-electron chi connectivity index (χ2n) is 3.09. The van der Waals surface area contributed by atoms with E-state index in [1.165, 1.54) is 6.08 Å². The van der Waals surface area contributed by atoms with Crippen LogP contribution in [0.5, 0.6) is 0 Å². The molecule has 0 bridgehead atoms. The monoisotopic (exact) mass is 228 g/mol. The van der Waals surface area contributed by atoms with Gasteiger partial charge in [-0.25, -0.2) is 0 Å². The van der Waals surface area contributed by atoms with Gasteiger partial charge >= 0.3 is 0 Å². The maximum Gasteiger partial charge on any atom is 0.172 e. The standard InChI is InChI=1S/C8H10O3.Ge/c1-8(2)6(10)3-5(9)4-7(8)11;/h3-4,9-10H,1-2H3;. The zero-order valence-corrected chi connectivity index (χ0v) is 9.06. The van der Waals surface area contributed by atoms with Crippen LogP contribution in [0.15, 0.2) is 23.7 Å². The van der Waals surface area contributed by atoms with E-state index in [-0.39, 0.29) is 34.9 Å². The number of rotatable bonds is 0. The van der Waals surface area contributed by atoms with Gasteiger partial charge in [0.2, 0.25) is 0 Å². The van der Waals surface area contributed by atoms with Gasteiger partial charge in [-0.05, 0) is 13.8 Å². The Hall–Kier alpha value is -0.707. The summed E-state index contributed by atoms with van der Waals surface area (Å²) in [6.07, 6.45) is 2.29. The molecule has 0 unspecified atom stereocenters. The molecule has 0 aliphatic heterocycles. The van der Waals surface area contributed by atoms with Gasteiger partial charge in [0.1, 0.15) is 11.5 Å². The fraction of sp³-hybridized carbons (Fsp3) is 0.375. The summed E-state index contributed by atoms with van der Waals surface area (Å²) in [5, 5.41) is 18.1. The van der Waals surface area contributed by atoms with E-state index in [1.54, 1.807) is 13.8 Å². The minimum atomic E-state index is -0.883. The first kappa shape index (κ1) is 11.3. The van der Waals surface area contributed by atoms with Crippen molar-refractivity contribution in [2.75, 3.05) is 0 Å². The van der Waals surface area contributed by atoms with Gasteiger partial charge in [-0.2, -0.15) is 0 Å². The van der Waals surface area contributed by atoms with Gasteiger partial charge in [0.15, 0.2) is 5.78 Å². The van der Waals surface area contributed by atoms with Crippen LogP contribution in [0.2, 0.25) is 0 Å². The molecule has 4 radical (unpaired) electrons.